The van der Waals surface area contributed by atoms with Gasteiger partial charge in [-0.1, -0.05) is 64.9 Å². The number of aromatic nitrogens is 5. The molecule has 5 rings (SSSR count). The van der Waals surface area contributed by atoms with Crippen LogP contribution in [-0.4, -0.2) is 35.7 Å². The van der Waals surface area contributed by atoms with E-state index in [1.165, 1.54) is 36.4 Å². The fraction of sp³-hybridized carbons (Fsp3) is 0.192. The molecular weight excluding hydrogens is 503 g/mol. The van der Waals surface area contributed by atoms with E-state index in [0.29, 0.717) is 17.5 Å². The molecule has 1 atom stereocenters. The molecule has 3 heterocycles. The van der Waals surface area contributed by atoms with Crippen molar-refractivity contribution in [3.8, 4) is 34.3 Å². The maximum atomic E-state index is 13.9. The van der Waals surface area contributed by atoms with Crippen molar-refractivity contribution in [2.24, 2.45) is 7.05 Å². The van der Waals surface area contributed by atoms with Crippen molar-refractivity contribution in [2.45, 2.75) is 25.1 Å². The Labute approximate surface area is 213 Å². The highest BCUT2D eigenvalue weighted by molar-refractivity contribution is 5.84. The first-order valence-electron chi connectivity index (χ1n) is 11.5. The highest BCUT2D eigenvalue weighted by Gasteiger charge is 2.43. The molecule has 0 aliphatic carbocycles. The number of aryl methyl sites for hydroxylation is 2. The van der Waals surface area contributed by atoms with Gasteiger partial charge in [-0.25, -0.2) is 4.98 Å². The Morgan fingerprint density at radius 1 is 1.03 bits per heavy atom. The second kappa shape index (κ2) is 10.1. The number of halogens is 3. The van der Waals surface area contributed by atoms with Gasteiger partial charge in [-0.2, -0.15) is 18.2 Å². The smallest absolute Gasteiger partial charge is 0.381 e. The van der Waals surface area contributed by atoms with Gasteiger partial charge in [0.05, 0.1) is 0 Å². The number of imidazole rings is 1. The highest BCUT2D eigenvalue weighted by Crippen LogP contribution is 2.43. The van der Waals surface area contributed by atoms with Gasteiger partial charge in [-0.15, -0.1) is 0 Å². The molecule has 0 bridgehead atoms. The summed E-state index contributed by atoms with van der Waals surface area (Å²) in [4.78, 5) is 20.7. The lowest BCUT2D eigenvalue weighted by atomic mass is 10.0. The maximum absolute atomic E-state index is 13.9. The monoisotopic (exact) mass is 523 g/mol. The normalized spacial score (nSPS) is 12.6. The van der Waals surface area contributed by atoms with Crippen molar-refractivity contribution in [3.05, 3.63) is 83.9 Å². The van der Waals surface area contributed by atoms with Gasteiger partial charge in [0.1, 0.15) is 23.2 Å². The SMILES string of the molecule is Cn1ccnc1CCC(=O)C(O)c1ccc(-c2noc(-c3onc(-c4ccccc4)c3C(F)(F)F)n2)cc1. The minimum Gasteiger partial charge on any atom is -0.381 e. The number of aliphatic hydroxyl groups is 1. The summed E-state index contributed by atoms with van der Waals surface area (Å²) in [6.07, 6.45) is -2.25. The summed E-state index contributed by atoms with van der Waals surface area (Å²) in [6.45, 7) is 0. The average molecular weight is 523 g/mol. The Bertz CT molecular complexity index is 1560. The van der Waals surface area contributed by atoms with Crippen LogP contribution in [0.2, 0.25) is 0 Å². The maximum Gasteiger partial charge on any atom is 0.422 e. The Morgan fingerprint density at radius 2 is 1.76 bits per heavy atom. The summed E-state index contributed by atoms with van der Waals surface area (Å²) in [7, 11) is 1.82. The number of carbonyl (C=O) groups excluding carboxylic acids is 1. The van der Waals surface area contributed by atoms with E-state index in [1.54, 1.807) is 35.2 Å². The molecule has 1 unspecified atom stereocenters. The predicted molar refractivity (Wildman–Crippen MR) is 127 cm³/mol. The molecule has 0 fully saturated rings. The van der Waals surface area contributed by atoms with Crippen LogP contribution in [0, 0.1) is 0 Å². The van der Waals surface area contributed by atoms with Crippen LogP contribution in [0.15, 0.2) is 76.0 Å². The van der Waals surface area contributed by atoms with Crippen molar-refractivity contribution in [3.63, 3.8) is 0 Å². The summed E-state index contributed by atoms with van der Waals surface area (Å²) in [5.41, 5.74) is -0.546. The lowest BCUT2D eigenvalue weighted by Crippen LogP contribution is -2.13. The first-order chi connectivity index (χ1) is 18.2. The largest absolute Gasteiger partial charge is 0.422 e. The molecule has 5 aromatic rings. The second-order valence-corrected chi connectivity index (χ2v) is 8.47. The molecule has 1 N–H and O–H groups in total. The molecule has 3 aromatic heterocycles. The molecule has 0 aliphatic rings. The molecule has 0 saturated carbocycles. The number of alkyl halides is 3. The number of nitrogens with zero attached hydrogens (tertiary/aromatic N) is 5. The van der Waals surface area contributed by atoms with Crippen LogP contribution in [0.25, 0.3) is 34.3 Å². The van der Waals surface area contributed by atoms with Gasteiger partial charge in [0, 0.05) is 43.4 Å². The lowest BCUT2D eigenvalue weighted by Gasteiger charge is -2.10. The zero-order valence-corrected chi connectivity index (χ0v) is 19.9. The van der Waals surface area contributed by atoms with Crippen molar-refractivity contribution >= 4 is 5.78 Å². The van der Waals surface area contributed by atoms with Gasteiger partial charge >= 0.3 is 6.18 Å². The predicted octanol–water partition coefficient (Wildman–Crippen LogP) is 5.05. The Hall–Kier alpha value is -4.58. The number of hydrogen-bond acceptors (Lipinski definition) is 8. The summed E-state index contributed by atoms with van der Waals surface area (Å²) in [6, 6.07) is 13.9. The quantitative estimate of drug-likeness (QED) is 0.300. The van der Waals surface area contributed by atoms with E-state index in [4.69, 9.17) is 9.05 Å². The number of carbonyl (C=O) groups is 1. The Balaban J connectivity index is 1.35. The van der Waals surface area contributed by atoms with Gasteiger partial charge in [0.25, 0.3) is 5.89 Å². The van der Waals surface area contributed by atoms with E-state index >= 15 is 0 Å². The van der Waals surface area contributed by atoms with Crippen LogP contribution in [0.5, 0.6) is 0 Å². The molecule has 0 aliphatic heterocycles. The fourth-order valence-electron chi connectivity index (χ4n) is 3.93. The number of rotatable bonds is 8. The Kier molecular flexibility index (Phi) is 6.64. The zero-order chi connectivity index (χ0) is 26.9. The first-order valence-corrected chi connectivity index (χ1v) is 11.5. The molecular formula is C26H20F3N5O4. The van der Waals surface area contributed by atoms with Gasteiger partial charge < -0.3 is 18.7 Å². The van der Waals surface area contributed by atoms with E-state index in [1.807, 2.05) is 7.05 Å². The molecule has 0 radical (unpaired) electrons. The van der Waals surface area contributed by atoms with Crippen molar-refractivity contribution < 1.29 is 32.1 Å². The number of benzene rings is 2. The third kappa shape index (κ3) is 4.98. The van der Waals surface area contributed by atoms with E-state index in [2.05, 4.69) is 20.3 Å². The molecule has 194 valence electrons. The van der Waals surface area contributed by atoms with E-state index in [9.17, 15) is 23.1 Å². The molecule has 9 nitrogen and oxygen atoms in total. The van der Waals surface area contributed by atoms with Gasteiger partial charge in [-0.05, 0) is 5.56 Å². The molecule has 38 heavy (non-hydrogen) atoms. The van der Waals surface area contributed by atoms with Crippen LogP contribution in [-0.2, 0) is 24.4 Å². The Morgan fingerprint density at radius 3 is 2.42 bits per heavy atom. The number of aliphatic hydroxyl groups excluding tert-OH is 1. The van der Waals surface area contributed by atoms with Gasteiger partial charge in [0.15, 0.2) is 5.78 Å². The standard InChI is InChI=1S/C26H20F3N5O4/c1-34-14-13-30-19(34)12-11-18(35)22(36)16-7-9-17(10-8-16)24-31-25(38-33-24)23-20(26(27,28)29)21(32-37-23)15-5-3-2-4-6-15/h2-10,13-14,22,36H,11-12H2,1H3. The minimum atomic E-state index is -4.80. The van der Waals surface area contributed by atoms with Crippen molar-refractivity contribution in [1.82, 2.24) is 24.8 Å². The van der Waals surface area contributed by atoms with Crippen LogP contribution in [0.1, 0.15) is 29.5 Å². The van der Waals surface area contributed by atoms with E-state index < -0.39 is 35.2 Å². The van der Waals surface area contributed by atoms with Crippen LogP contribution < -0.4 is 0 Å². The van der Waals surface area contributed by atoms with E-state index in [0.717, 1.165) is 5.82 Å². The van der Waals surface area contributed by atoms with Crippen molar-refractivity contribution in [1.29, 1.82) is 0 Å². The summed E-state index contributed by atoms with van der Waals surface area (Å²) in [5.74, 6) is -0.837. The third-order valence-electron chi connectivity index (χ3n) is 5.95. The van der Waals surface area contributed by atoms with Gasteiger partial charge in [-0.3, -0.25) is 4.79 Å². The van der Waals surface area contributed by atoms with Crippen LogP contribution >= 0.6 is 0 Å². The average Bonchev–Trinajstić information content (AvgIpc) is 3.66. The molecule has 12 heteroatoms. The molecule has 2 aromatic carbocycles. The lowest BCUT2D eigenvalue weighted by molar-refractivity contribution is -0.137. The minimum absolute atomic E-state index is 0.00654. The summed E-state index contributed by atoms with van der Waals surface area (Å²) in [5, 5.41) is 17.8. The highest BCUT2D eigenvalue weighted by atomic mass is 19.4. The molecule has 0 saturated heterocycles. The second-order valence-electron chi connectivity index (χ2n) is 8.47. The zero-order valence-electron chi connectivity index (χ0n) is 19.9. The molecule has 0 spiro atoms. The van der Waals surface area contributed by atoms with Crippen molar-refractivity contribution in [2.75, 3.05) is 0 Å². The van der Waals surface area contributed by atoms with E-state index in [-0.39, 0.29) is 23.6 Å². The van der Waals surface area contributed by atoms with Gasteiger partial charge in [0.2, 0.25) is 11.6 Å². The third-order valence-corrected chi connectivity index (χ3v) is 5.95. The number of hydrogen-bond donors (Lipinski definition) is 1. The number of Topliss-reactive ketones (excluding diaryl/α,β-unsaturated/α-hetero) is 1. The summed E-state index contributed by atoms with van der Waals surface area (Å²) >= 11 is 0. The summed E-state index contributed by atoms with van der Waals surface area (Å²) < 4.78 is 53.7. The topological polar surface area (TPSA) is 120 Å². The van der Waals surface area contributed by atoms with Crippen LogP contribution in [0.3, 0.4) is 0 Å². The fourth-order valence-corrected chi connectivity index (χ4v) is 3.93. The van der Waals surface area contributed by atoms with Crippen LogP contribution in [0.4, 0.5) is 13.2 Å². The molecule has 0 amide bonds. The first kappa shape index (κ1) is 25.1. The number of ketones is 1.